The van der Waals surface area contributed by atoms with Crippen molar-refractivity contribution in [3.63, 3.8) is 0 Å². The van der Waals surface area contributed by atoms with Gasteiger partial charge in [-0.3, -0.25) is 9.97 Å². The molecule has 8 nitrogen and oxygen atoms in total. The number of ether oxygens (including phenoxy) is 2. The number of fused-ring (bicyclic) bond motifs is 2. The molecule has 2 aromatic heterocycles. The van der Waals surface area contributed by atoms with Crippen LogP contribution in [-0.2, 0) is 0 Å². The summed E-state index contributed by atoms with van der Waals surface area (Å²) in [6.07, 6.45) is 3.56. The van der Waals surface area contributed by atoms with Gasteiger partial charge in [0.1, 0.15) is 11.0 Å². The van der Waals surface area contributed by atoms with Crippen molar-refractivity contribution in [2.45, 2.75) is 12.8 Å². The van der Waals surface area contributed by atoms with Crippen LogP contribution in [0.15, 0.2) is 73.1 Å². The molecule has 0 saturated carbocycles. The van der Waals surface area contributed by atoms with Gasteiger partial charge in [0.25, 0.3) is 0 Å². The molecule has 4 aromatic rings. The summed E-state index contributed by atoms with van der Waals surface area (Å²) < 4.78 is 10.7. The van der Waals surface area contributed by atoms with Crippen molar-refractivity contribution in [2.24, 2.45) is 0 Å². The minimum atomic E-state index is -0.543. The van der Waals surface area contributed by atoms with Crippen LogP contribution in [0.4, 0.5) is 9.59 Å². The standard InChI is InChI=1S/C24H22N4O4/c29-23(31-19-11-3-7-17-9-5-15-25-21(17)19)27-13-1-2-14-28-24(30)32-20-12-4-8-18-10-6-16-26-22(18)20/h3-12,15-16H,1-2,13-14H2,(H,27,29)(H,28,30). The molecule has 0 fully saturated rings. The summed E-state index contributed by atoms with van der Waals surface area (Å²) in [5.41, 5.74) is 1.27. The molecule has 4 rings (SSSR count). The summed E-state index contributed by atoms with van der Waals surface area (Å²) in [7, 11) is 0. The lowest BCUT2D eigenvalue weighted by Crippen LogP contribution is -2.30. The molecular formula is C24H22N4O4. The van der Waals surface area contributed by atoms with Gasteiger partial charge >= 0.3 is 12.2 Å². The highest BCUT2D eigenvalue weighted by Crippen LogP contribution is 2.23. The SMILES string of the molecule is O=C(NCCCCNC(=O)Oc1cccc2cccnc12)Oc1cccc2cccnc12. The second-order valence-electron chi connectivity index (χ2n) is 7.00. The zero-order valence-corrected chi connectivity index (χ0v) is 17.3. The number of rotatable bonds is 7. The lowest BCUT2D eigenvalue weighted by molar-refractivity contribution is 0.198. The summed E-state index contributed by atoms with van der Waals surface area (Å²) in [5, 5.41) is 7.20. The van der Waals surface area contributed by atoms with E-state index in [-0.39, 0.29) is 0 Å². The molecule has 2 N–H and O–H groups in total. The number of carbonyl (C=O) groups is 2. The Morgan fingerprint density at radius 3 is 1.56 bits per heavy atom. The number of hydrogen-bond acceptors (Lipinski definition) is 6. The quantitative estimate of drug-likeness (QED) is 0.420. The third kappa shape index (κ3) is 5.28. The first-order valence-corrected chi connectivity index (χ1v) is 10.3. The fraction of sp³-hybridized carbons (Fsp3) is 0.167. The topological polar surface area (TPSA) is 102 Å². The molecular weight excluding hydrogens is 408 g/mol. The van der Waals surface area contributed by atoms with E-state index in [0.717, 1.165) is 10.8 Å². The van der Waals surface area contributed by atoms with E-state index in [9.17, 15) is 9.59 Å². The average molecular weight is 430 g/mol. The Morgan fingerprint density at radius 1 is 0.656 bits per heavy atom. The molecule has 0 aliphatic heterocycles. The molecule has 2 aromatic carbocycles. The monoisotopic (exact) mass is 430 g/mol. The first-order chi connectivity index (χ1) is 15.7. The van der Waals surface area contributed by atoms with Crippen LogP contribution in [0, 0.1) is 0 Å². The van der Waals surface area contributed by atoms with Crippen molar-refractivity contribution < 1.29 is 19.1 Å². The second kappa shape index (κ2) is 10.2. The Balaban J connectivity index is 1.16. The highest BCUT2D eigenvalue weighted by Gasteiger charge is 2.10. The fourth-order valence-electron chi connectivity index (χ4n) is 3.22. The Bertz CT molecular complexity index is 1140. The molecule has 0 radical (unpaired) electrons. The highest BCUT2D eigenvalue weighted by molar-refractivity contribution is 5.87. The molecule has 32 heavy (non-hydrogen) atoms. The zero-order valence-electron chi connectivity index (χ0n) is 17.3. The van der Waals surface area contributed by atoms with E-state index in [2.05, 4.69) is 20.6 Å². The Hall–Kier alpha value is -4.20. The zero-order chi connectivity index (χ0) is 22.2. The van der Waals surface area contributed by atoms with E-state index in [1.54, 1.807) is 24.5 Å². The summed E-state index contributed by atoms with van der Waals surface area (Å²) in [6, 6.07) is 18.3. The van der Waals surface area contributed by atoms with Crippen LogP contribution in [0.1, 0.15) is 12.8 Å². The molecule has 8 heteroatoms. The predicted octanol–water partition coefficient (Wildman–Crippen LogP) is 4.44. The number of hydrogen-bond donors (Lipinski definition) is 2. The number of nitrogens with zero attached hydrogens (tertiary/aromatic N) is 2. The van der Waals surface area contributed by atoms with E-state index in [1.165, 1.54) is 0 Å². The van der Waals surface area contributed by atoms with E-state index in [4.69, 9.17) is 9.47 Å². The van der Waals surface area contributed by atoms with Crippen molar-refractivity contribution in [1.29, 1.82) is 0 Å². The van der Waals surface area contributed by atoms with Crippen molar-refractivity contribution in [2.75, 3.05) is 13.1 Å². The van der Waals surface area contributed by atoms with Crippen LogP contribution >= 0.6 is 0 Å². The van der Waals surface area contributed by atoms with Crippen molar-refractivity contribution >= 4 is 34.0 Å². The minimum absolute atomic E-state index is 0.410. The molecule has 162 valence electrons. The second-order valence-corrected chi connectivity index (χ2v) is 7.00. The summed E-state index contributed by atoms with van der Waals surface area (Å²) >= 11 is 0. The molecule has 0 unspecified atom stereocenters. The first kappa shape index (κ1) is 21.0. The Kier molecular flexibility index (Phi) is 6.72. The van der Waals surface area contributed by atoms with Gasteiger partial charge in [-0.15, -0.1) is 0 Å². The minimum Gasteiger partial charge on any atom is -0.408 e. The van der Waals surface area contributed by atoms with E-state index >= 15 is 0 Å². The van der Waals surface area contributed by atoms with Gasteiger partial charge in [-0.2, -0.15) is 0 Å². The molecule has 2 heterocycles. The van der Waals surface area contributed by atoms with E-state index in [0.29, 0.717) is 48.5 Å². The normalized spacial score (nSPS) is 10.6. The van der Waals surface area contributed by atoms with Crippen LogP contribution in [-0.4, -0.2) is 35.2 Å². The maximum atomic E-state index is 12.1. The van der Waals surface area contributed by atoms with Crippen LogP contribution in [0.2, 0.25) is 0 Å². The number of unbranched alkanes of at least 4 members (excludes halogenated alkanes) is 1. The van der Waals surface area contributed by atoms with Crippen LogP contribution in [0.3, 0.4) is 0 Å². The molecule has 0 aliphatic carbocycles. The largest absolute Gasteiger partial charge is 0.412 e. The molecule has 0 bridgehead atoms. The number of pyridine rings is 2. The predicted molar refractivity (Wildman–Crippen MR) is 121 cm³/mol. The summed E-state index contributed by atoms with van der Waals surface area (Å²) in [6.45, 7) is 0.835. The van der Waals surface area contributed by atoms with E-state index in [1.807, 2.05) is 48.5 Å². The number of para-hydroxylation sites is 2. The van der Waals surface area contributed by atoms with Gasteiger partial charge < -0.3 is 20.1 Å². The Morgan fingerprint density at radius 2 is 1.09 bits per heavy atom. The van der Waals surface area contributed by atoms with Gasteiger partial charge in [-0.05, 0) is 37.1 Å². The maximum absolute atomic E-state index is 12.1. The van der Waals surface area contributed by atoms with Gasteiger partial charge in [-0.1, -0.05) is 36.4 Å². The Labute approximate surface area is 184 Å². The van der Waals surface area contributed by atoms with Crippen molar-refractivity contribution in [3.05, 3.63) is 73.1 Å². The molecule has 0 saturated heterocycles. The van der Waals surface area contributed by atoms with Gasteiger partial charge in [0.05, 0.1) is 0 Å². The number of nitrogens with one attached hydrogen (secondary N) is 2. The fourth-order valence-corrected chi connectivity index (χ4v) is 3.22. The van der Waals surface area contributed by atoms with Gasteiger partial charge in [0, 0.05) is 36.3 Å². The average Bonchev–Trinajstić information content (AvgIpc) is 2.82. The van der Waals surface area contributed by atoms with E-state index < -0.39 is 12.2 Å². The van der Waals surface area contributed by atoms with Crippen molar-refractivity contribution in [1.82, 2.24) is 20.6 Å². The maximum Gasteiger partial charge on any atom is 0.412 e. The smallest absolute Gasteiger partial charge is 0.408 e. The van der Waals surface area contributed by atoms with Gasteiger partial charge in [0.2, 0.25) is 0 Å². The molecule has 0 spiro atoms. The van der Waals surface area contributed by atoms with Gasteiger partial charge in [-0.25, -0.2) is 9.59 Å². The number of benzene rings is 2. The summed E-state index contributed by atoms with van der Waals surface area (Å²) in [4.78, 5) is 32.6. The number of amides is 2. The number of carbonyl (C=O) groups excluding carboxylic acids is 2. The highest BCUT2D eigenvalue weighted by atomic mass is 16.6. The third-order valence-corrected chi connectivity index (χ3v) is 4.74. The summed E-state index contributed by atoms with van der Waals surface area (Å²) in [5.74, 6) is 0.820. The van der Waals surface area contributed by atoms with Crippen molar-refractivity contribution in [3.8, 4) is 11.5 Å². The van der Waals surface area contributed by atoms with Crippen LogP contribution in [0.5, 0.6) is 11.5 Å². The first-order valence-electron chi connectivity index (χ1n) is 10.3. The lowest BCUT2D eigenvalue weighted by Gasteiger charge is -2.09. The molecule has 0 aliphatic rings. The lowest BCUT2D eigenvalue weighted by atomic mass is 10.2. The molecule has 0 atom stereocenters. The number of aromatic nitrogens is 2. The molecule has 2 amide bonds. The van der Waals surface area contributed by atoms with Crippen LogP contribution in [0.25, 0.3) is 21.8 Å². The van der Waals surface area contributed by atoms with Crippen LogP contribution < -0.4 is 20.1 Å². The third-order valence-electron chi connectivity index (χ3n) is 4.74. The van der Waals surface area contributed by atoms with Gasteiger partial charge in [0.15, 0.2) is 11.5 Å².